The third-order valence-corrected chi connectivity index (χ3v) is 2.39. The zero-order valence-corrected chi connectivity index (χ0v) is 9.33. The molecule has 2 rings (SSSR count). The highest BCUT2D eigenvalue weighted by Gasteiger charge is 2.02. The van der Waals surface area contributed by atoms with Gasteiger partial charge in [-0.3, -0.25) is 9.36 Å². The van der Waals surface area contributed by atoms with Gasteiger partial charge in [0.1, 0.15) is 5.75 Å². The predicted molar refractivity (Wildman–Crippen MR) is 62.3 cm³/mol. The number of hydrogen-bond donors (Lipinski definition) is 1. The van der Waals surface area contributed by atoms with E-state index in [0.29, 0.717) is 6.54 Å². The third kappa shape index (κ3) is 2.44. The molecule has 0 amide bonds. The van der Waals surface area contributed by atoms with Crippen LogP contribution in [0.4, 0.5) is 0 Å². The average molecular weight is 232 g/mol. The molecule has 0 radical (unpaired) electrons. The first-order valence-electron chi connectivity index (χ1n) is 5.07. The molecule has 0 bridgehead atoms. The van der Waals surface area contributed by atoms with Crippen LogP contribution in [0, 0.1) is 0 Å². The van der Waals surface area contributed by atoms with Crippen LogP contribution in [0.3, 0.4) is 0 Å². The van der Waals surface area contributed by atoms with Gasteiger partial charge in [-0.25, -0.2) is 4.98 Å². The second-order valence-corrected chi connectivity index (χ2v) is 3.56. The van der Waals surface area contributed by atoms with Crippen molar-refractivity contribution in [2.45, 2.75) is 6.54 Å². The molecule has 5 heteroatoms. The average Bonchev–Trinajstić information content (AvgIpc) is 2.36. The number of aromatic nitrogens is 2. The van der Waals surface area contributed by atoms with Crippen LogP contribution in [-0.2, 0) is 6.54 Å². The number of rotatable bonds is 3. The minimum Gasteiger partial charge on any atom is -0.502 e. The molecule has 2 aromatic rings. The molecule has 1 aromatic carbocycles. The molecule has 0 saturated carbocycles. The molecule has 1 heterocycles. The van der Waals surface area contributed by atoms with Gasteiger partial charge in [-0.15, -0.1) is 0 Å². The van der Waals surface area contributed by atoms with Crippen molar-refractivity contribution in [1.29, 1.82) is 0 Å². The minimum absolute atomic E-state index is 0.346. The fourth-order valence-corrected chi connectivity index (χ4v) is 1.48. The third-order valence-electron chi connectivity index (χ3n) is 2.39. The number of ether oxygens (including phenoxy) is 1. The van der Waals surface area contributed by atoms with Crippen LogP contribution >= 0.6 is 0 Å². The van der Waals surface area contributed by atoms with Crippen molar-refractivity contribution >= 4 is 0 Å². The van der Waals surface area contributed by atoms with Crippen LogP contribution in [0.1, 0.15) is 5.56 Å². The van der Waals surface area contributed by atoms with Crippen molar-refractivity contribution < 1.29 is 9.84 Å². The topological polar surface area (TPSA) is 64.3 Å². The SMILES string of the molecule is COc1ccc(Cn2cncc(O)c2=O)cc1. The van der Waals surface area contributed by atoms with Crippen LogP contribution in [0.5, 0.6) is 11.5 Å². The van der Waals surface area contributed by atoms with Crippen molar-refractivity contribution in [1.82, 2.24) is 9.55 Å². The summed E-state index contributed by atoms with van der Waals surface area (Å²) in [7, 11) is 1.60. The zero-order valence-electron chi connectivity index (χ0n) is 9.33. The number of nitrogens with zero attached hydrogens (tertiary/aromatic N) is 2. The summed E-state index contributed by atoms with van der Waals surface area (Å²) in [5, 5.41) is 9.24. The van der Waals surface area contributed by atoms with Crippen molar-refractivity contribution in [2.24, 2.45) is 0 Å². The van der Waals surface area contributed by atoms with Crippen LogP contribution < -0.4 is 10.3 Å². The van der Waals surface area contributed by atoms with Crippen LogP contribution in [-0.4, -0.2) is 21.8 Å². The lowest BCUT2D eigenvalue weighted by Gasteiger charge is -2.06. The van der Waals surface area contributed by atoms with E-state index >= 15 is 0 Å². The van der Waals surface area contributed by atoms with Crippen LogP contribution in [0.25, 0.3) is 0 Å². The van der Waals surface area contributed by atoms with Crippen LogP contribution in [0.15, 0.2) is 41.6 Å². The largest absolute Gasteiger partial charge is 0.502 e. The summed E-state index contributed by atoms with van der Waals surface area (Å²) in [4.78, 5) is 15.3. The maximum absolute atomic E-state index is 11.5. The second-order valence-electron chi connectivity index (χ2n) is 3.56. The van der Waals surface area contributed by atoms with E-state index in [1.165, 1.54) is 10.9 Å². The Morgan fingerprint density at radius 3 is 2.71 bits per heavy atom. The first-order chi connectivity index (χ1) is 8.20. The standard InChI is InChI=1S/C12H12N2O3/c1-17-10-4-2-9(3-5-10)7-14-8-13-6-11(15)12(14)16/h2-6,8,15H,7H2,1H3. The minimum atomic E-state index is -0.448. The van der Waals surface area contributed by atoms with E-state index in [-0.39, 0.29) is 5.75 Å². The highest BCUT2D eigenvalue weighted by molar-refractivity contribution is 5.27. The van der Waals surface area contributed by atoms with Gasteiger partial charge in [0.25, 0.3) is 5.56 Å². The van der Waals surface area contributed by atoms with E-state index in [0.717, 1.165) is 17.5 Å². The lowest BCUT2D eigenvalue weighted by atomic mass is 10.2. The van der Waals surface area contributed by atoms with E-state index in [2.05, 4.69) is 4.98 Å². The number of aromatic hydroxyl groups is 1. The number of hydrogen-bond acceptors (Lipinski definition) is 4. The molecule has 0 spiro atoms. The molecule has 0 fully saturated rings. The lowest BCUT2D eigenvalue weighted by Crippen LogP contribution is -2.20. The van der Waals surface area contributed by atoms with Gasteiger partial charge in [-0.05, 0) is 17.7 Å². The van der Waals surface area contributed by atoms with Crippen molar-refractivity contribution in [3.63, 3.8) is 0 Å². The van der Waals surface area contributed by atoms with Gasteiger partial charge in [-0.2, -0.15) is 0 Å². The summed E-state index contributed by atoms with van der Waals surface area (Å²) in [5.41, 5.74) is 0.483. The first-order valence-corrected chi connectivity index (χ1v) is 5.07. The molecule has 1 aromatic heterocycles. The normalized spacial score (nSPS) is 10.2. The van der Waals surface area contributed by atoms with Crippen molar-refractivity contribution in [3.8, 4) is 11.5 Å². The lowest BCUT2D eigenvalue weighted by molar-refractivity contribution is 0.414. The Morgan fingerprint density at radius 2 is 2.06 bits per heavy atom. The molecule has 0 saturated heterocycles. The molecule has 0 aliphatic rings. The molecule has 88 valence electrons. The second kappa shape index (κ2) is 4.69. The van der Waals surface area contributed by atoms with E-state index in [9.17, 15) is 9.90 Å². The quantitative estimate of drug-likeness (QED) is 0.857. The number of benzene rings is 1. The fourth-order valence-electron chi connectivity index (χ4n) is 1.48. The van der Waals surface area contributed by atoms with E-state index in [1.54, 1.807) is 7.11 Å². The Bertz CT molecular complexity index is 561. The number of methoxy groups -OCH3 is 1. The molecule has 0 unspecified atom stereocenters. The maximum atomic E-state index is 11.5. The Morgan fingerprint density at radius 1 is 1.35 bits per heavy atom. The van der Waals surface area contributed by atoms with Crippen LogP contribution in [0.2, 0.25) is 0 Å². The summed E-state index contributed by atoms with van der Waals surface area (Å²) >= 11 is 0. The highest BCUT2D eigenvalue weighted by Crippen LogP contribution is 2.11. The highest BCUT2D eigenvalue weighted by atomic mass is 16.5. The Hall–Kier alpha value is -2.30. The van der Waals surface area contributed by atoms with Gasteiger partial charge in [0.05, 0.1) is 26.2 Å². The summed E-state index contributed by atoms with van der Waals surface area (Å²) in [6.07, 6.45) is 2.53. The molecular weight excluding hydrogens is 220 g/mol. The molecule has 5 nitrogen and oxygen atoms in total. The van der Waals surface area contributed by atoms with Crippen molar-refractivity contribution in [2.75, 3.05) is 7.11 Å². The molecule has 0 aliphatic carbocycles. The van der Waals surface area contributed by atoms with Gasteiger partial charge in [0.2, 0.25) is 0 Å². The maximum Gasteiger partial charge on any atom is 0.295 e. The molecule has 17 heavy (non-hydrogen) atoms. The molecular formula is C12H12N2O3. The smallest absolute Gasteiger partial charge is 0.295 e. The Labute approximate surface area is 97.9 Å². The van der Waals surface area contributed by atoms with Crippen molar-refractivity contribution in [3.05, 3.63) is 52.7 Å². The first kappa shape index (κ1) is 11.2. The Kier molecular flexibility index (Phi) is 3.09. The van der Waals surface area contributed by atoms with Gasteiger partial charge in [0, 0.05) is 0 Å². The predicted octanol–water partition coefficient (Wildman–Crippen LogP) is 1.01. The molecule has 0 aliphatic heterocycles. The summed E-state index contributed by atoms with van der Waals surface area (Å²) < 4.78 is 6.39. The Balaban J connectivity index is 2.25. The summed E-state index contributed by atoms with van der Waals surface area (Å²) in [5.74, 6) is 0.413. The molecule has 1 N–H and O–H groups in total. The summed E-state index contributed by atoms with van der Waals surface area (Å²) in [6.45, 7) is 0.365. The van der Waals surface area contributed by atoms with Gasteiger partial charge < -0.3 is 9.84 Å². The zero-order chi connectivity index (χ0) is 12.3. The van der Waals surface area contributed by atoms with E-state index in [4.69, 9.17) is 4.74 Å². The molecule has 0 atom stereocenters. The monoisotopic (exact) mass is 232 g/mol. The fraction of sp³-hybridized carbons (Fsp3) is 0.167. The van der Waals surface area contributed by atoms with Gasteiger partial charge in [-0.1, -0.05) is 12.1 Å². The van der Waals surface area contributed by atoms with E-state index < -0.39 is 5.56 Å². The van der Waals surface area contributed by atoms with Gasteiger partial charge in [0.15, 0.2) is 5.75 Å². The summed E-state index contributed by atoms with van der Waals surface area (Å²) in [6, 6.07) is 7.35. The van der Waals surface area contributed by atoms with E-state index in [1.807, 2.05) is 24.3 Å². The van der Waals surface area contributed by atoms with Gasteiger partial charge >= 0.3 is 0 Å².